The summed E-state index contributed by atoms with van der Waals surface area (Å²) in [5.41, 5.74) is 0.791. The molecule has 70 valence electrons. The molecule has 0 spiro atoms. The lowest BCUT2D eigenvalue weighted by Crippen LogP contribution is -2.40. The number of nitrogens with one attached hydrogen (secondary N) is 1. The topological polar surface area (TPSA) is 21.3 Å². The minimum absolute atomic E-state index is 0.161. The summed E-state index contributed by atoms with van der Waals surface area (Å²) in [5, 5.41) is 3.12. The Morgan fingerprint density at radius 3 is 2.69 bits per heavy atom. The molecule has 0 saturated carbocycles. The Kier molecular flexibility index (Phi) is 2.19. The Morgan fingerprint density at radius 1 is 1.46 bits per heavy atom. The van der Waals surface area contributed by atoms with Gasteiger partial charge in [-0.1, -0.05) is 6.07 Å². The third-order valence-electron chi connectivity index (χ3n) is 2.43. The zero-order valence-electron chi connectivity index (χ0n) is 7.51. The van der Waals surface area contributed by atoms with Crippen LogP contribution >= 0.6 is 0 Å². The van der Waals surface area contributed by atoms with E-state index in [0.717, 1.165) is 18.7 Å². The van der Waals surface area contributed by atoms with Gasteiger partial charge < -0.3 is 10.1 Å². The SMILES string of the molecule is COc1ccc(C2CNC2)c(F)c1. The van der Waals surface area contributed by atoms with E-state index in [-0.39, 0.29) is 5.82 Å². The number of methoxy groups -OCH3 is 1. The summed E-state index contributed by atoms with van der Waals surface area (Å²) in [5.74, 6) is 0.755. The van der Waals surface area contributed by atoms with E-state index < -0.39 is 0 Å². The normalized spacial score (nSPS) is 16.8. The highest BCUT2D eigenvalue weighted by molar-refractivity contribution is 5.32. The van der Waals surface area contributed by atoms with Crippen molar-refractivity contribution in [2.45, 2.75) is 5.92 Å². The number of halogens is 1. The van der Waals surface area contributed by atoms with Gasteiger partial charge in [0.15, 0.2) is 0 Å². The van der Waals surface area contributed by atoms with Crippen LogP contribution in [0.5, 0.6) is 5.75 Å². The molecule has 0 aliphatic carbocycles. The molecule has 1 heterocycles. The van der Waals surface area contributed by atoms with Gasteiger partial charge in [0.05, 0.1) is 7.11 Å². The fourth-order valence-corrected chi connectivity index (χ4v) is 1.47. The fourth-order valence-electron chi connectivity index (χ4n) is 1.47. The number of hydrogen-bond acceptors (Lipinski definition) is 2. The molecule has 1 N–H and O–H groups in total. The molecule has 0 amide bonds. The Hall–Kier alpha value is -1.09. The van der Waals surface area contributed by atoms with Gasteiger partial charge in [0, 0.05) is 25.1 Å². The van der Waals surface area contributed by atoms with Gasteiger partial charge in [-0.05, 0) is 11.6 Å². The van der Waals surface area contributed by atoms with Crippen molar-refractivity contribution in [1.82, 2.24) is 5.32 Å². The van der Waals surface area contributed by atoms with Crippen LogP contribution in [0.4, 0.5) is 4.39 Å². The van der Waals surface area contributed by atoms with Crippen molar-refractivity contribution in [2.24, 2.45) is 0 Å². The zero-order valence-corrected chi connectivity index (χ0v) is 7.51. The molecule has 0 radical (unpaired) electrons. The largest absolute Gasteiger partial charge is 0.497 e. The molecule has 1 aromatic rings. The number of ether oxygens (including phenoxy) is 1. The van der Waals surface area contributed by atoms with Gasteiger partial charge in [-0.25, -0.2) is 4.39 Å². The molecular weight excluding hydrogens is 169 g/mol. The minimum Gasteiger partial charge on any atom is -0.497 e. The van der Waals surface area contributed by atoms with Crippen molar-refractivity contribution in [3.05, 3.63) is 29.6 Å². The Bertz CT molecular complexity index is 310. The van der Waals surface area contributed by atoms with Gasteiger partial charge >= 0.3 is 0 Å². The van der Waals surface area contributed by atoms with E-state index in [4.69, 9.17) is 4.74 Å². The van der Waals surface area contributed by atoms with E-state index in [1.54, 1.807) is 19.2 Å². The summed E-state index contributed by atoms with van der Waals surface area (Å²) in [7, 11) is 1.54. The molecule has 0 aromatic heterocycles. The maximum atomic E-state index is 13.4. The smallest absolute Gasteiger partial charge is 0.130 e. The Morgan fingerprint density at radius 2 is 2.23 bits per heavy atom. The maximum Gasteiger partial charge on any atom is 0.130 e. The van der Waals surface area contributed by atoms with E-state index >= 15 is 0 Å². The molecule has 2 nitrogen and oxygen atoms in total. The van der Waals surface area contributed by atoms with Crippen molar-refractivity contribution in [3.8, 4) is 5.75 Å². The van der Waals surface area contributed by atoms with Crippen molar-refractivity contribution >= 4 is 0 Å². The van der Waals surface area contributed by atoms with E-state index in [2.05, 4.69) is 5.32 Å². The van der Waals surface area contributed by atoms with Gasteiger partial charge in [0.25, 0.3) is 0 Å². The summed E-state index contributed by atoms with van der Waals surface area (Å²) in [6.07, 6.45) is 0. The highest BCUT2D eigenvalue weighted by Gasteiger charge is 2.21. The fraction of sp³-hybridized carbons (Fsp3) is 0.400. The molecule has 13 heavy (non-hydrogen) atoms. The lowest BCUT2D eigenvalue weighted by atomic mass is 9.93. The van der Waals surface area contributed by atoms with Crippen LogP contribution in [-0.4, -0.2) is 20.2 Å². The third-order valence-corrected chi connectivity index (χ3v) is 2.43. The third kappa shape index (κ3) is 1.52. The molecule has 0 bridgehead atoms. The molecule has 1 aromatic carbocycles. The van der Waals surface area contributed by atoms with Gasteiger partial charge in [-0.2, -0.15) is 0 Å². The van der Waals surface area contributed by atoms with Gasteiger partial charge in [-0.15, -0.1) is 0 Å². The van der Waals surface area contributed by atoms with E-state index in [9.17, 15) is 4.39 Å². The summed E-state index contributed by atoms with van der Waals surface area (Å²) in [4.78, 5) is 0. The highest BCUT2D eigenvalue weighted by Crippen LogP contribution is 2.25. The Balaban J connectivity index is 2.26. The van der Waals surface area contributed by atoms with Crippen LogP contribution in [0.3, 0.4) is 0 Å². The van der Waals surface area contributed by atoms with Gasteiger partial charge in [0.2, 0.25) is 0 Å². The van der Waals surface area contributed by atoms with Crippen LogP contribution < -0.4 is 10.1 Å². The average molecular weight is 181 g/mol. The molecule has 2 rings (SSSR count). The predicted molar refractivity (Wildman–Crippen MR) is 48.6 cm³/mol. The van der Waals surface area contributed by atoms with Gasteiger partial charge in [0.1, 0.15) is 11.6 Å². The summed E-state index contributed by atoms with van der Waals surface area (Å²) in [6, 6.07) is 5.05. The first kappa shape index (κ1) is 8.51. The molecular formula is C10H12FNO. The second-order valence-corrected chi connectivity index (χ2v) is 3.24. The van der Waals surface area contributed by atoms with Crippen LogP contribution in [0.25, 0.3) is 0 Å². The first-order valence-corrected chi connectivity index (χ1v) is 4.35. The van der Waals surface area contributed by atoms with Crippen LogP contribution in [0.15, 0.2) is 18.2 Å². The van der Waals surface area contributed by atoms with E-state index in [0.29, 0.717) is 11.7 Å². The molecule has 1 saturated heterocycles. The summed E-state index contributed by atoms with van der Waals surface area (Å²) in [6.45, 7) is 1.76. The van der Waals surface area contributed by atoms with Crippen molar-refractivity contribution < 1.29 is 9.13 Å². The van der Waals surface area contributed by atoms with Crippen molar-refractivity contribution in [3.63, 3.8) is 0 Å². The lowest BCUT2D eigenvalue weighted by Gasteiger charge is -2.27. The molecule has 1 fully saturated rings. The molecule has 1 aliphatic heterocycles. The standard InChI is InChI=1S/C10H12FNO/c1-13-8-2-3-9(10(11)4-8)7-5-12-6-7/h2-4,7,12H,5-6H2,1H3. The second-order valence-electron chi connectivity index (χ2n) is 3.24. The first-order chi connectivity index (χ1) is 6.31. The summed E-state index contributed by atoms with van der Waals surface area (Å²) >= 11 is 0. The van der Waals surface area contributed by atoms with Crippen LogP contribution in [-0.2, 0) is 0 Å². The molecule has 0 atom stereocenters. The average Bonchev–Trinajstić information content (AvgIpc) is 2.05. The lowest BCUT2D eigenvalue weighted by molar-refractivity contribution is 0.404. The van der Waals surface area contributed by atoms with Gasteiger partial charge in [-0.3, -0.25) is 0 Å². The van der Waals surface area contributed by atoms with E-state index in [1.165, 1.54) is 6.07 Å². The summed E-state index contributed by atoms with van der Waals surface area (Å²) < 4.78 is 18.3. The maximum absolute atomic E-state index is 13.4. The van der Waals surface area contributed by atoms with E-state index in [1.807, 2.05) is 0 Å². The number of rotatable bonds is 2. The molecule has 1 aliphatic rings. The quantitative estimate of drug-likeness (QED) is 0.747. The van der Waals surface area contributed by atoms with Crippen LogP contribution in [0, 0.1) is 5.82 Å². The first-order valence-electron chi connectivity index (χ1n) is 4.35. The zero-order chi connectivity index (χ0) is 9.26. The monoisotopic (exact) mass is 181 g/mol. The second kappa shape index (κ2) is 3.34. The van der Waals surface area contributed by atoms with Crippen LogP contribution in [0.2, 0.25) is 0 Å². The highest BCUT2D eigenvalue weighted by atomic mass is 19.1. The van der Waals surface area contributed by atoms with Crippen molar-refractivity contribution in [2.75, 3.05) is 20.2 Å². The predicted octanol–water partition coefficient (Wildman–Crippen LogP) is 1.52. The minimum atomic E-state index is -0.161. The Labute approximate surface area is 76.7 Å². The molecule has 3 heteroatoms. The number of hydrogen-bond donors (Lipinski definition) is 1. The number of benzene rings is 1. The van der Waals surface area contributed by atoms with Crippen LogP contribution in [0.1, 0.15) is 11.5 Å². The molecule has 0 unspecified atom stereocenters. The van der Waals surface area contributed by atoms with Crippen molar-refractivity contribution in [1.29, 1.82) is 0 Å².